The molecule has 0 aliphatic carbocycles. The summed E-state index contributed by atoms with van der Waals surface area (Å²) in [4.78, 5) is 8.01. The molecule has 0 aromatic carbocycles. The van der Waals surface area contributed by atoms with Crippen LogP contribution in [0, 0.1) is 6.92 Å². The summed E-state index contributed by atoms with van der Waals surface area (Å²) in [5.74, 6) is 0.486. The van der Waals surface area contributed by atoms with Crippen molar-refractivity contribution in [1.29, 1.82) is 0 Å². The molecule has 0 spiro atoms. The number of hydrogen-bond donors (Lipinski definition) is 1. The first-order valence-corrected chi connectivity index (χ1v) is 3.84. The van der Waals surface area contributed by atoms with Crippen molar-refractivity contribution in [2.45, 2.75) is 19.9 Å². The highest BCUT2D eigenvalue weighted by atomic mass is 19.1. The van der Waals surface area contributed by atoms with Crippen LogP contribution in [0.1, 0.15) is 12.6 Å². The first kappa shape index (κ1) is 8.90. The highest BCUT2D eigenvalue weighted by Crippen LogP contribution is 2.00. The van der Waals surface area contributed by atoms with Crippen molar-refractivity contribution in [3.05, 3.63) is 18.0 Å². The van der Waals surface area contributed by atoms with Crippen LogP contribution in [-0.4, -0.2) is 22.7 Å². The summed E-state index contributed by atoms with van der Waals surface area (Å²) in [6.45, 7) is 3.19. The summed E-state index contributed by atoms with van der Waals surface area (Å²) in [6, 6.07) is 1.57. The Labute approximate surface area is 71.0 Å². The minimum absolute atomic E-state index is 0.230. The molecule has 1 N–H and O–H groups in total. The Kier molecular flexibility index (Phi) is 2.96. The maximum Gasteiger partial charge on any atom is 0.223 e. The number of rotatable bonds is 3. The summed E-state index contributed by atoms with van der Waals surface area (Å²) < 4.78 is 12.1. The molecule has 0 aliphatic heterocycles. The molecule has 0 unspecified atom stereocenters. The summed E-state index contributed by atoms with van der Waals surface area (Å²) >= 11 is 0. The van der Waals surface area contributed by atoms with Gasteiger partial charge in [-0.2, -0.15) is 0 Å². The van der Waals surface area contributed by atoms with E-state index >= 15 is 0 Å². The van der Waals surface area contributed by atoms with Crippen LogP contribution < -0.4 is 5.32 Å². The number of halogens is 1. The van der Waals surface area contributed by atoms with Crippen molar-refractivity contribution < 1.29 is 4.39 Å². The van der Waals surface area contributed by atoms with Crippen molar-refractivity contribution in [3.8, 4) is 0 Å². The maximum atomic E-state index is 12.1. The van der Waals surface area contributed by atoms with E-state index in [4.69, 9.17) is 0 Å². The molecule has 1 atom stereocenters. The van der Waals surface area contributed by atoms with Gasteiger partial charge in [0.2, 0.25) is 5.95 Å². The van der Waals surface area contributed by atoms with Crippen molar-refractivity contribution in [3.63, 3.8) is 0 Å². The summed E-state index contributed by atoms with van der Waals surface area (Å²) in [7, 11) is 0. The Morgan fingerprint density at radius 2 is 2.42 bits per heavy atom. The van der Waals surface area contributed by atoms with E-state index in [1.807, 2.05) is 6.92 Å². The van der Waals surface area contributed by atoms with Gasteiger partial charge in [0.15, 0.2) is 0 Å². The largest absolute Gasteiger partial charge is 0.349 e. The van der Waals surface area contributed by atoms with E-state index in [9.17, 15) is 4.39 Å². The van der Waals surface area contributed by atoms with Crippen LogP contribution in [0.5, 0.6) is 0 Å². The molecular weight excluding hydrogens is 157 g/mol. The van der Waals surface area contributed by atoms with E-state index in [1.54, 1.807) is 19.2 Å². The molecule has 1 aromatic heterocycles. The Hall–Kier alpha value is -1.19. The Morgan fingerprint density at radius 1 is 1.67 bits per heavy atom. The lowest BCUT2D eigenvalue weighted by Gasteiger charge is -2.08. The van der Waals surface area contributed by atoms with Gasteiger partial charge in [-0.1, -0.05) is 0 Å². The van der Waals surface area contributed by atoms with Crippen LogP contribution >= 0.6 is 0 Å². The number of hydrogen-bond acceptors (Lipinski definition) is 3. The fraction of sp³-hybridized carbons (Fsp3) is 0.500. The zero-order valence-electron chi connectivity index (χ0n) is 7.21. The SMILES string of the molecule is Cc1ccnc(N[C@@H](C)CF)n1. The molecule has 0 aliphatic rings. The predicted molar refractivity (Wildman–Crippen MR) is 45.8 cm³/mol. The van der Waals surface area contributed by atoms with Crippen LogP contribution in [0.4, 0.5) is 10.3 Å². The lowest BCUT2D eigenvalue weighted by Crippen LogP contribution is -2.18. The highest BCUT2D eigenvalue weighted by Gasteiger charge is 2.01. The van der Waals surface area contributed by atoms with Gasteiger partial charge in [0.1, 0.15) is 6.67 Å². The quantitative estimate of drug-likeness (QED) is 0.746. The van der Waals surface area contributed by atoms with E-state index in [1.165, 1.54) is 0 Å². The second-order valence-electron chi connectivity index (χ2n) is 2.72. The lowest BCUT2D eigenvalue weighted by atomic mass is 10.4. The van der Waals surface area contributed by atoms with E-state index in [-0.39, 0.29) is 6.04 Å². The van der Waals surface area contributed by atoms with Gasteiger partial charge in [0.25, 0.3) is 0 Å². The number of anilines is 1. The van der Waals surface area contributed by atoms with Crippen LogP contribution in [0.3, 0.4) is 0 Å². The molecular formula is C8H12FN3. The maximum absolute atomic E-state index is 12.1. The van der Waals surface area contributed by atoms with E-state index in [2.05, 4.69) is 15.3 Å². The van der Waals surface area contributed by atoms with E-state index in [0.717, 1.165) is 5.69 Å². The highest BCUT2D eigenvalue weighted by molar-refractivity contribution is 5.25. The van der Waals surface area contributed by atoms with Crippen molar-refractivity contribution in [2.75, 3.05) is 12.0 Å². The minimum atomic E-state index is -0.419. The predicted octanol–water partition coefficient (Wildman–Crippen LogP) is 1.55. The molecule has 0 radical (unpaired) electrons. The Bertz CT molecular complexity index is 252. The monoisotopic (exact) mass is 169 g/mol. The average Bonchev–Trinajstić information content (AvgIpc) is 2.04. The molecule has 4 heteroatoms. The molecule has 3 nitrogen and oxygen atoms in total. The molecule has 0 amide bonds. The number of nitrogens with zero attached hydrogens (tertiary/aromatic N) is 2. The molecule has 0 saturated heterocycles. The summed E-state index contributed by atoms with van der Waals surface area (Å²) in [5.41, 5.74) is 0.874. The van der Waals surface area contributed by atoms with Gasteiger partial charge >= 0.3 is 0 Å². The van der Waals surface area contributed by atoms with Gasteiger partial charge < -0.3 is 5.32 Å². The lowest BCUT2D eigenvalue weighted by molar-refractivity contribution is 0.459. The summed E-state index contributed by atoms with van der Waals surface area (Å²) in [5, 5.41) is 2.84. The van der Waals surface area contributed by atoms with Crippen molar-refractivity contribution >= 4 is 5.95 Å². The van der Waals surface area contributed by atoms with Crippen LogP contribution in [0.2, 0.25) is 0 Å². The number of alkyl halides is 1. The van der Waals surface area contributed by atoms with E-state index < -0.39 is 6.67 Å². The molecule has 0 bridgehead atoms. The van der Waals surface area contributed by atoms with Gasteiger partial charge in [-0.25, -0.2) is 14.4 Å². The van der Waals surface area contributed by atoms with Crippen molar-refractivity contribution in [1.82, 2.24) is 9.97 Å². The first-order chi connectivity index (χ1) is 5.72. The smallest absolute Gasteiger partial charge is 0.223 e. The number of aryl methyl sites for hydroxylation is 1. The topological polar surface area (TPSA) is 37.8 Å². The van der Waals surface area contributed by atoms with Gasteiger partial charge in [0.05, 0.1) is 6.04 Å². The molecule has 1 aromatic rings. The first-order valence-electron chi connectivity index (χ1n) is 3.84. The molecule has 66 valence electrons. The molecule has 1 heterocycles. The average molecular weight is 169 g/mol. The number of aromatic nitrogens is 2. The fourth-order valence-electron chi connectivity index (χ4n) is 0.777. The third-order valence-corrected chi connectivity index (χ3v) is 1.40. The van der Waals surface area contributed by atoms with Gasteiger partial charge in [0, 0.05) is 11.9 Å². The number of nitrogens with one attached hydrogen (secondary N) is 1. The van der Waals surface area contributed by atoms with Crippen molar-refractivity contribution in [2.24, 2.45) is 0 Å². The zero-order valence-corrected chi connectivity index (χ0v) is 7.21. The Morgan fingerprint density at radius 3 is 3.00 bits per heavy atom. The van der Waals surface area contributed by atoms with Crippen LogP contribution in [-0.2, 0) is 0 Å². The fourth-order valence-corrected chi connectivity index (χ4v) is 0.777. The molecule has 0 saturated carbocycles. The van der Waals surface area contributed by atoms with Gasteiger partial charge in [-0.15, -0.1) is 0 Å². The third kappa shape index (κ3) is 2.45. The minimum Gasteiger partial charge on any atom is -0.349 e. The van der Waals surface area contributed by atoms with Crippen LogP contribution in [0.15, 0.2) is 12.3 Å². The van der Waals surface area contributed by atoms with Gasteiger partial charge in [-0.05, 0) is 19.9 Å². The second kappa shape index (κ2) is 3.99. The second-order valence-corrected chi connectivity index (χ2v) is 2.72. The Balaban J connectivity index is 2.63. The zero-order chi connectivity index (χ0) is 8.97. The molecule has 1 rings (SSSR count). The standard InChI is InChI=1S/C8H12FN3/c1-6-3-4-10-8(11-6)12-7(2)5-9/h3-4,7H,5H2,1-2H3,(H,10,11,12)/t7-/m0/s1. The molecule has 0 fully saturated rings. The van der Waals surface area contributed by atoms with E-state index in [0.29, 0.717) is 5.95 Å². The third-order valence-electron chi connectivity index (χ3n) is 1.40. The molecule has 12 heavy (non-hydrogen) atoms. The van der Waals surface area contributed by atoms with Gasteiger partial charge in [-0.3, -0.25) is 0 Å². The summed E-state index contributed by atoms with van der Waals surface area (Å²) in [6.07, 6.45) is 1.65. The van der Waals surface area contributed by atoms with Crippen LogP contribution in [0.25, 0.3) is 0 Å². The normalized spacial score (nSPS) is 12.6.